The van der Waals surface area contributed by atoms with Crippen molar-refractivity contribution in [3.8, 4) is 17.2 Å². The van der Waals surface area contributed by atoms with Crippen LogP contribution in [0.5, 0.6) is 5.75 Å². The molecule has 0 spiro atoms. The molecule has 1 aromatic carbocycles. The van der Waals surface area contributed by atoms with Crippen LogP contribution in [0.4, 0.5) is 0 Å². The lowest BCUT2D eigenvalue weighted by molar-refractivity contribution is 0.0680. The Morgan fingerprint density at radius 1 is 1.50 bits per heavy atom. The number of ether oxygens (including phenoxy) is 1. The second-order valence-corrected chi connectivity index (χ2v) is 2.96. The Labute approximate surface area is 90.5 Å². The number of nitrogens with zero attached hydrogens (tertiary/aromatic N) is 2. The standard InChI is InChI=1S/C10H8N2O4/c1-15-7-4-2-3-6(5-7)9-11-8(10(13)14)12-16-9/h2-5H,1H3,(H,13,14). The molecule has 2 aromatic rings. The van der Waals surface area contributed by atoms with Gasteiger partial charge in [-0.3, -0.25) is 0 Å². The Bertz CT molecular complexity index is 521. The molecular formula is C10H8N2O4. The molecule has 0 radical (unpaired) electrons. The van der Waals surface area contributed by atoms with Gasteiger partial charge in [-0.25, -0.2) is 4.79 Å². The first kappa shape index (κ1) is 10.2. The van der Waals surface area contributed by atoms with Gasteiger partial charge in [-0.1, -0.05) is 6.07 Å². The van der Waals surface area contributed by atoms with Crippen molar-refractivity contribution in [1.82, 2.24) is 10.1 Å². The van der Waals surface area contributed by atoms with E-state index in [1.54, 1.807) is 24.3 Å². The van der Waals surface area contributed by atoms with E-state index < -0.39 is 5.97 Å². The third-order valence-electron chi connectivity index (χ3n) is 1.93. The van der Waals surface area contributed by atoms with Crippen molar-refractivity contribution >= 4 is 5.97 Å². The summed E-state index contributed by atoms with van der Waals surface area (Å²) in [5, 5.41) is 12.0. The van der Waals surface area contributed by atoms with Crippen molar-refractivity contribution in [3.05, 3.63) is 30.1 Å². The summed E-state index contributed by atoms with van der Waals surface area (Å²) in [6.07, 6.45) is 0. The summed E-state index contributed by atoms with van der Waals surface area (Å²) < 4.78 is 9.84. The SMILES string of the molecule is COc1cccc(-c2nc(C(=O)O)no2)c1. The van der Waals surface area contributed by atoms with Gasteiger partial charge in [0.1, 0.15) is 5.75 Å². The second-order valence-electron chi connectivity index (χ2n) is 2.96. The Morgan fingerprint density at radius 2 is 2.31 bits per heavy atom. The highest BCUT2D eigenvalue weighted by atomic mass is 16.5. The molecule has 0 saturated carbocycles. The molecule has 6 heteroatoms. The summed E-state index contributed by atoms with van der Waals surface area (Å²) in [7, 11) is 1.54. The number of carboxylic acids is 1. The highest BCUT2D eigenvalue weighted by Crippen LogP contribution is 2.21. The highest BCUT2D eigenvalue weighted by molar-refractivity contribution is 5.83. The lowest BCUT2D eigenvalue weighted by atomic mass is 10.2. The summed E-state index contributed by atoms with van der Waals surface area (Å²) in [6.45, 7) is 0. The molecule has 1 heterocycles. The van der Waals surface area contributed by atoms with Gasteiger partial charge in [0.15, 0.2) is 0 Å². The van der Waals surface area contributed by atoms with Gasteiger partial charge in [0.2, 0.25) is 0 Å². The normalized spacial score (nSPS) is 10.1. The molecule has 6 nitrogen and oxygen atoms in total. The predicted octanol–water partition coefficient (Wildman–Crippen LogP) is 1.44. The second kappa shape index (κ2) is 4.01. The molecule has 0 amide bonds. The molecule has 0 unspecified atom stereocenters. The van der Waals surface area contributed by atoms with E-state index in [9.17, 15) is 4.79 Å². The van der Waals surface area contributed by atoms with Crippen LogP contribution in [0.15, 0.2) is 28.8 Å². The average molecular weight is 220 g/mol. The van der Waals surface area contributed by atoms with E-state index in [-0.39, 0.29) is 11.7 Å². The fourth-order valence-electron chi connectivity index (χ4n) is 1.18. The number of benzene rings is 1. The minimum atomic E-state index is -1.22. The predicted molar refractivity (Wildman–Crippen MR) is 53.2 cm³/mol. The maximum atomic E-state index is 10.6. The maximum Gasteiger partial charge on any atom is 0.377 e. The van der Waals surface area contributed by atoms with E-state index in [4.69, 9.17) is 14.4 Å². The molecule has 0 aliphatic rings. The molecule has 82 valence electrons. The van der Waals surface area contributed by atoms with Crippen LogP contribution in [0, 0.1) is 0 Å². The summed E-state index contributed by atoms with van der Waals surface area (Å²) in [5.74, 6) is -0.806. The van der Waals surface area contributed by atoms with Gasteiger partial charge in [-0.05, 0) is 23.4 Å². The van der Waals surface area contributed by atoms with Crippen LogP contribution in [-0.2, 0) is 0 Å². The zero-order valence-corrected chi connectivity index (χ0v) is 8.38. The number of carbonyl (C=O) groups is 1. The van der Waals surface area contributed by atoms with Crippen LogP contribution in [0.3, 0.4) is 0 Å². The minimum Gasteiger partial charge on any atom is -0.497 e. The average Bonchev–Trinajstić information content (AvgIpc) is 2.78. The fourth-order valence-corrected chi connectivity index (χ4v) is 1.18. The maximum absolute atomic E-state index is 10.6. The molecule has 0 bridgehead atoms. The van der Waals surface area contributed by atoms with Crippen LogP contribution in [0.25, 0.3) is 11.5 Å². The quantitative estimate of drug-likeness (QED) is 0.842. The van der Waals surface area contributed by atoms with Crippen LogP contribution in [0.2, 0.25) is 0 Å². The third kappa shape index (κ3) is 1.85. The van der Waals surface area contributed by atoms with E-state index in [1.165, 1.54) is 7.11 Å². The van der Waals surface area contributed by atoms with E-state index in [0.29, 0.717) is 11.3 Å². The van der Waals surface area contributed by atoms with E-state index in [0.717, 1.165) is 0 Å². The van der Waals surface area contributed by atoms with Gasteiger partial charge >= 0.3 is 5.97 Å². The zero-order chi connectivity index (χ0) is 11.5. The Hall–Kier alpha value is -2.37. The van der Waals surface area contributed by atoms with Crippen molar-refractivity contribution in [3.63, 3.8) is 0 Å². The number of hydrogen-bond donors (Lipinski definition) is 1. The highest BCUT2D eigenvalue weighted by Gasteiger charge is 2.14. The van der Waals surface area contributed by atoms with Crippen molar-refractivity contribution in [1.29, 1.82) is 0 Å². The van der Waals surface area contributed by atoms with E-state index in [1.807, 2.05) is 0 Å². The number of hydrogen-bond acceptors (Lipinski definition) is 5. The molecule has 1 N–H and O–H groups in total. The lowest BCUT2D eigenvalue weighted by Gasteiger charge is -1.99. The summed E-state index contributed by atoms with van der Waals surface area (Å²) in [6, 6.07) is 6.91. The Kier molecular flexibility index (Phi) is 2.55. The first-order chi connectivity index (χ1) is 7.70. The molecule has 0 aliphatic heterocycles. The van der Waals surface area contributed by atoms with Crippen molar-refractivity contribution in [2.24, 2.45) is 0 Å². The number of aromatic carboxylic acids is 1. The number of aromatic nitrogens is 2. The Morgan fingerprint density at radius 3 is 2.94 bits per heavy atom. The van der Waals surface area contributed by atoms with E-state index in [2.05, 4.69) is 10.1 Å². The van der Waals surface area contributed by atoms with Crippen molar-refractivity contribution in [2.45, 2.75) is 0 Å². The van der Waals surface area contributed by atoms with Crippen LogP contribution in [0.1, 0.15) is 10.6 Å². The topological polar surface area (TPSA) is 85.5 Å². The smallest absolute Gasteiger partial charge is 0.377 e. The molecule has 1 aromatic heterocycles. The third-order valence-corrected chi connectivity index (χ3v) is 1.93. The van der Waals surface area contributed by atoms with Gasteiger partial charge < -0.3 is 14.4 Å². The van der Waals surface area contributed by atoms with Gasteiger partial charge in [-0.15, -0.1) is 0 Å². The molecule has 0 atom stereocenters. The largest absolute Gasteiger partial charge is 0.497 e. The van der Waals surface area contributed by atoms with Crippen LogP contribution >= 0.6 is 0 Å². The summed E-state index contributed by atoms with van der Waals surface area (Å²) >= 11 is 0. The number of methoxy groups -OCH3 is 1. The van der Waals surface area contributed by atoms with Crippen LogP contribution in [-0.4, -0.2) is 28.3 Å². The first-order valence-electron chi connectivity index (χ1n) is 4.42. The first-order valence-corrected chi connectivity index (χ1v) is 4.42. The van der Waals surface area contributed by atoms with Crippen molar-refractivity contribution in [2.75, 3.05) is 7.11 Å². The molecule has 0 fully saturated rings. The van der Waals surface area contributed by atoms with Crippen LogP contribution < -0.4 is 4.74 Å². The number of rotatable bonds is 3. The van der Waals surface area contributed by atoms with Crippen molar-refractivity contribution < 1.29 is 19.2 Å². The molecule has 0 saturated heterocycles. The minimum absolute atomic E-state index is 0.149. The van der Waals surface area contributed by atoms with Gasteiger partial charge in [0.05, 0.1) is 7.11 Å². The molecule has 2 rings (SSSR count). The van der Waals surface area contributed by atoms with Gasteiger partial charge in [-0.2, -0.15) is 4.98 Å². The molecule has 0 aliphatic carbocycles. The Balaban J connectivity index is 2.38. The number of carboxylic acid groups (broad SMARTS) is 1. The van der Waals surface area contributed by atoms with Gasteiger partial charge in [0.25, 0.3) is 11.7 Å². The van der Waals surface area contributed by atoms with E-state index >= 15 is 0 Å². The summed E-state index contributed by atoms with van der Waals surface area (Å²) in [4.78, 5) is 14.3. The summed E-state index contributed by atoms with van der Waals surface area (Å²) in [5.41, 5.74) is 0.611. The molecule has 16 heavy (non-hydrogen) atoms. The lowest BCUT2D eigenvalue weighted by Crippen LogP contribution is -1.98. The fraction of sp³-hybridized carbons (Fsp3) is 0.100. The van der Waals surface area contributed by atoms with Gasteiger partial charge in [0, 0.05) is 5.56 Å². The zero-order valence-electron chi connectivity index (χ0n) is 8.38. The molecular weight excluding hydrogens is 212 g/mol. The monoisotopic (exact) mass is 220 g/mol.